The zero-order valence-corrected chi connectivity index (χ0v) is 5.72. The number of carboxylic acid groups (broad SMARTS) is 2. The van der Waals surface area contributed by atoms with E-state index in [-0.39, 0.29) is 6.15 Å². The normalized spacial score (nSPS) is 14.4. The van der Waals surface area contributed by atoms with Crippen molar-refractivity contribution in [3.05, 3.63) is 0 Å². The number of hydrogen-bond donors (Lipinski definition) is 4. The zero-order chi connectivity index (χ0) is 8.31. The first kappa shape index (κ1) is 12.5. The van der Waals surface area contributed by atoms with Crippen LogP contribution in [0, 0.1) is 0 Å². The van der Waals surface area contributed by atoms with Crippen LogP contribution in [-0.2, 0) is 9.59 Å². The Morgan fingerprint density at radius 2 is 1.55 bits per heavy atom. The number of aliphatic hydroxyl groups excluding tert-OH is 2. The molecule has 2 atom stereocenters. The minimum absolute atomic E-state index is 0. The molecule has 0 heterocycles. The molecule has 0 unspecified atom stereocenters. The topological polar surface area (TPSA) is 154 Å². The number of carbonyl (C=O) groups excluding carboxylic acids is 1. The molecule has 0 bridgehead atoms. The molecule has 0 rings (SSSR count). The summed E-state index contributed by atoms with van der Waals surface area (Å²) in [5.41, 5.74) is 0. The number of aliphatic carboxylic acids is 2. The van der Waals surface area contributed by atoms with Crippen LogP contribution < -0.4 is 11.3 Å². The Morgan fingerprint density at radius 3 is 1.64 bits per heavy atom. The highest BCUT2D eigenvalue weighted by atomic mass is 16.4. The van der Waals surface area contributed by atoms with Crippen LogP contribution in [0.15, 0.2) is 0 Å². The summed E-state index contributed by atoms with van der Waals surface area (Å²) in [4.78, 5) is 19.4. The van der Waals surface area contributed by atoms with Gasteiger partial charge in [-0.1, -0.05) is 0 Å². The molecule has 0 aliphatic heterocycles. The van der Waals surface area contributed by atoms with Crippen molar-refractivity contribution in [3.63, 3.8) is 0 Å². The Labute approximate surface area is 61.5 Å². The molecule has 0 aromatic heterocycles. The van der Waals surface area contributed by atoms with Crippen LogP contribution in [0.4, 0.5) is 0 Å². The molecule has 0 fully saturated rings. The monoisotopic (exact) mass is 167 g/mol. The minimum atomic E-state index is -2.38. The lowest BCUT2D eigenvalue weighted by Crippen LogP contribution is -2.46. The summed E-state index contributed by atoms with van der Waals surface area (Å²) in [6.07, 6.45) is -4.71. The van der Waals surface area contributed by atoms with Gasteiger partial charge in [-0.15, -0.1) is 0 Å². The van der Waals surface area contributed by atoms with Gasteiger partial charge in [0, 0.05) is 0 Å². The second-order valence-electron chi connectivity index (χ2n) is 1.55. The molecule has 0 spiro atoms. The fourth-order valence-corrected chi connectivity index (χ4v) is 0.264. The van der Waals surface area contributed by atoms with Crippen molar-refractivity contribution in [1.82, 2.24) is 6.15 Å². The van der Waals surface area contributed by atoms with Gasteiger partial charge in [0.15, 0.2) is 6.10 Å². The summed E-state index contributed by atoms with van der Waals surface area (Å²) in [5.74, 6) is -3.83. The van der Waals surface area contributed by atoms with E-state index in [0.29, 0.717) is 0 Å². The van der Waals surface area contributed by atoms with Crippen LogP contribution in [0.3, 0.4) is 0 Å². The molecule has 0 saturated heterocycles. The summed E-state index contributed by atoms with van der Waals surface area (Å²) >= 11 is 0. The highest BCUT2D eigenvalue weighted by Gasteiger charge is 2.23. The van der Waals surface area contributed by atoms with E-state index >= 15 is 0 Å². The third kappa shape index (κ3) is 3.50. The van der Waals surface area contributed by atoms with E-state index in [1.165, 1.54) is 0 Å². The number of quaternary nitrogens is 1. The van der Waals surface area contributed by atoms with Gasteiger partial charge in [0.2, 0.25) is 0 Å². The van der Waals surface area contributed by atoms with Crippen LogP contribution in [0.25, 0.3) is 0 Å². The first-order valence-corrected chi connectivity index (χ1v) is 2.26. The number of carboxylic acids is 2. The second kappa shape index (κ2) is 4.61. The lowest BCUT2D eigenvalue weighted by molar-refractivity contribution is -0.318. The van der Waals surface area contributed by atoms with Crippen LogP contribution in [0.1, 0.15) is 0 Å². The van der Waals surface area contributed by atoms with Gasteiger partial charge in [-0.25, -0.2) is 4.79 Å². The van der Waals surface area contributed by atoms with E-state index in [0.717, 1.165) is 0 Å². The molecular weight excluding hydrogens is 158 g/mol. The highest BCUT2D eigenvalue weighted by Crippen LogP contribution is 1.90. The molecule has 7 heteroatoms. The van der Waals surface area contributed by atoms with Crippen LogP contribution >= 0.6 is 0 Å². The Kier molecular flexibility index (Phi) is 5.23. The van der Waals surface area contributed by atoms with Gasteiger partial charge in [0.05, 0.1) is 5.97 Å². The van der Waals surface area contributed by atoms with E-state index < -0.39 is 24.1 Å². The molecule has 0 aliphatic carbocycles. The fraction of sp³-hybridized carbons (Fsp3) is 0.500. The van der Waals surface area contributed by atoms with Crippen molar-refractivity contribution in [2.24, 2.45) is 0 Å². The highest BCUT2D eigenvalue weighted by molar-refractivity contribution is 5.81. The minimum Gasteiger partial charge on any atom is -0.547 e. The van der Waals surface area contributed by atoms with Gasteiger partial charge in [-0.05, 0) is 0 Å². The average molecular weight is 167 g/mol. The molecule has 66 valence electrons. The zero-order valence-electron chi connectivity index (χ0n) is 5.72. The van der Waals surface area contributed by atoms with Gasteiger partial charge in [-0.3, -0.25) is 0 Å². The fourth-order valence-electron chi connectivity index (χ4n) is 0.264. The van der Waals surface area contributed by atoms with Gasteiger partial charge in [0.25, 0.3) is 0 Å². The standard InChI is InChI=1S/C4H6O6.H3N/c5-1(3(7)8)2(6)4(9)10;/h1-2,5-6H,(H,7,8)(H,9,10);1H3/t1-,2-;/m0./s1. The molecular formula is C4H9NO6. The largest absolute Gasteiger partial charge is 0.547 e. The number of carbonyl (C=O) groups is 2. The summed E-state index contributed by atoms with van der Waals surface area (Å²) in [5, 5.41) is 34.1. The predicted octanol–water partition coefficient (Wildman–Crippen LogP) is -3.08. The first-order valence-electron chi connectivity index (χ1n) is 2.26. The maximum atomic E-state index is 9.74. The van der Waals surface area contributed by atoms with Gasteiger partial charge in [-0.2, -0.15) is 0 Å². The Bertz CT molecular complexity index is 139. The molecule has 7 N–H and O–H groups in total. The molecule has 0 aromatic carbocycles. The van der Waals surface area contributed by atoms with Crippen LogP contribution in [0.5, 0.6) is 0 Å². The van der Waals surface area contributed by atoms with Crippen molar-refractivity contribution < 1.29 is 30.0 Å². The van der Waals surface area contributed by atoms with Crippen molar-refractivity contribution in [3.8, 4) is 0 Å². The van der Waals surface area contributed by atoms with Crippen molar-refractivity contribution >= 4 is 11.9 Å². The number of aliphatic hydroxyl groups is 2. The van der Waals surface area contributed by atoms with Crippen LogP contribution in [-0.4, -0.2) is 39.5 Å². The van der Waals surface area contributed by atoms with E-state index in [1.54, 1.807) is 0 Å². The smallest absolute Gasteiger partial charge is 0.335 e. The number of rotatable bonds is 3. The molecule has 0 amide bonds. The first-order chi connectivity index (χ1) is 4.46. The maximum absolute atomic E-state index is 9.74. The molecule has 0 radical (unpaired) electrons. The molecule has 7 nitrogen and oxygen atoms in total. The summed E-state index contributed by atoms with van der Waals surface area (Å²) in [6, 6.07) is 0. The Hall–Kier alpha value is -1.18. The van der Waals surface area contributed by atoms with Gasteiger partial charge < -0.3 is 31.4 Å². The van der Waals surface area contributed by atoms with Crippen molar-refractivity contribution in [1.29, 1.82) is 0 Å². The van der Waals surface area contributed by atoms with Crippen molar-refractivity contribution in [2.75, 3.05) is 0 Å². The third-order valence-corrected chi connectivity index (χ3v) is 0.794. The van der Waals surface area contributed by atoms with E-state index in [4.69, 9.17) is 15.3 Å². The summed E-state index contributed by atoms with van der Waals surface area (Å²) in [6.45, 7) is 0. The summed E-state index contributed by atoms with van der Waals surface area (Å²) < 4.78 is 0. The van der Waals surface area contributed by atoms with Gasteiger partial charge in [0.1, 0.15) is 6.10 Å². The van der Waals surface area contributed by atoms with E-state index in [9.17, 15) is 14.7 Å². The SMILES string of the molecule is O=C([O-])[C@@H](O)[C@H](O)C(=O)O.[NH4+]. The predicted molar refractivity (Wildman–Crippen MR) is 30.6 cm³/mol. The third-order valence-electron chi connectivity index (χ3n) is 0.794. The molecule has 0 aromatic rings. The summed E-state index contributed by atoms with van der Waals surface area (Å²) in [7, 11) is 0. The Balaban J connectivity index is 0. The van der Waals surface area contributed by atoms with Crippen molar-refractivity contribution in [2.45, 2.75) is 12.2 Å². The maximum Gasteiger partial charge on any atom is 0.335 e. The average Bonchev–Trinajstić information content (AvgIpc) is 1.84. The quantitative estimate of drug-likeness (QED) is 0.349. The van der Waals surface area contributed by atoms with Crippen LogP contribution in [0.2, 0.25) is 0 Å². The van der Waals surface area contributed by atoms with Gasteiger partial charge >= 0.3 is 5.97 Å². The molecule has 0 saturated carbocycles. The lowest BCUT2D eigenvalue weighted by atomic mass is 10.2. The second-order valence-corrected chi connectivity index (χ2v) is 1.55. The van der Waals surface area contributed by atoms with E-state index in [1.807, 2.05) is 0 Å². The Morgan fingerprint density at radius 1 is 1.18 bits per heavy atom. The lowest BCUT2D eigenvalue weighted by Gasteiger charge is -2.13. The molecule has 0 aliphatic rings. The number of hydrogen-bond acceptors (Lipinski definition) is 5. The molecule has 11 heavy (non-hydrogen) atoms. The van der Waals surface area contributed by atoms with E-state index in [2.05, 4.69) is 0 Å².